The molecule has 19 heavy (non-hydrogen) atoms. The van der Waals surface area contributed by atoms with Gasteiger partial charge in [-0.15, -0.1) is 0 Å². The van der Waals surface area contributed by atoms with Crippen LogP contribution in [-0.4, -0.2) is 53.0 Å². The fourth-order valence-corrected chi connectivity index (χ4v) is 2.56. The van der Waals surface area contributed by atoms with Crippen molar-refractivity contribution >= 4 is 5.91 Å². The molecule has 6 nitrogen and oxygen atoms in total. The Labute approximate surface area is 111 Å². The van der Waals surface area contributed by atoms with Gasteiger partial charge in [-0.05, 0) is 6.07 Å². The Hall–Kier alpha value is -1.66. The smallest absolute Gasteiger partial charge is 0.255 e. The average Bonchev–Trinajstić information content (AvgIpc) is 2.87. The van der Waals surface area contributed by atoms with Crippen LogP contribution in [0.1, 0.15) is 23.2 Å². The third kappa shape index (κ3) is 2.41. The van der Waals surface area contributed by atoms with Crippen molar-refractivity contribution < 1.29 is 19.4 Å². The molecule has 0 radical (unpaired) electrons. The highest BCUT2D eigenvalue weighted by atomic mass is 16.7. The number of pyridine rings is 1. The average molecular weight is 264 g/mol. The first-order chi connectivity index (χ1) is 9.19. The largest absolute Gasteiger partial charge is 0.506 e. The van der Waals surface area contributed by atoms with Gasteiger partial charge in [-0.3, -0.25) is 9.78 Å². The van der Waals surface area contributed by atoms with E-state index >= 15 is 0 Å². The molecule has 2 aliphatic rings. The zero-order chi connectivity index (χ0) is 13.3. The highest BCUT2D eigenvalue weighted by Crippen LogP contribution is 2.31. The van der Waals surface area contributed by atoms with E-state index in [0.29, 0.717) is 44.7 Å². The first kappa shape index (κ1) is 12.4. The van der Waals surface area contributed by atoms with E-state index in [1.165, 1.54) is 18.5 Å². The van der Waals surface area contributed by atoms with Crippen molar-refractivity contribution in [1.82, 2.24) is 9.88 Å². The van der Waals surface area contributed by atoms with E-state index < -0.39 is 5.79 Å². The third-order valence-corrected chi connectivity index (χ3v) is 3.60. The van der Waals surface area contributed by atoms with Gasteiger partial charge in [-0.25, -0.2) is 0 Å². The molecule has 102 valence electrons. The first-order valence-corrected chi connectivity index (χ1v) is 6.40. The number of amides is 1. The van der Waals surface area contributed by atoms with E-state index in [2.05, 4.69) is 4.98 Å². The van der Waals surface area contributed by atoms with Crippen LogP contribution in [0.25, 0.3) is 0 Å². The number of likely N-dealkylation sites (tertiary alicyclic amines) is 1. The second-order valence-electron chi connectivity index (χ2n) is 4.83. The monoisotopic (exact) mass is 264 g/mol. The number of rotatable bonds is 1. The second-order valence-corrected chi connectivity index (χ2v) is 4.83. The maximum absolute atomic E-state index is 12.2. The quantitative estimate of drug-likeness (QED) is 0.811. The van der Waals surface area contributed by atoms with Crippen LogP contribution in [0.4, 0.5) is 0 Å². The molecule has 0 saturated carbocycles. The van der Waals surface area contributed by atoms with Crippen molar-refractivity contribution in [2.45, 2.75) is 18.6 Å². The third-order valence-electron chi connectivity index (χ3n) is 3.60. The summed E-state index contributed by atoms with van der Waals surface area (Å²) in [7, 11) is 0. The number of aromatic nitrogens is 1. The number of carbonyl (C=O) groups excluding carboxylic acids is 1. The van der Waals surface area contributed by atoms with E-state index in [0.717, 1.165) is 0 Å². The Bertz CT molecular complexity index is 475. The van der Waals surface area contributed by atoms with Gasteiger partial charge >= 0.3 is 0 Å². The summed E-state index contributed by atoms with van der Waals surface area (Å²) in [5.41, 5.74) is 0.407. The normalized spacial score (nSPS) is 21.8. The van der Waals surface area contributed by atoms with E-state index in [1.54, 1.807) is 4.90 Å². The Morgan fingerprint density at radius 2 is 1.95 bits per heavy atom. The van der Waals surface area contributed by atoms with Gasteiger partial charge in [0.05, 0.1) is 25.0 Å². The molecule has 1 aromatic rings. The van der Waals surface area contributed by atoms with Crippen molar-refractivity contribution in [3.63, 3.8) is 0 Å². The van der Waals surface area contributed by atoms with Crippen molar-refractivity contribution in [2.24, 2.45) is 0 Å². The molecule has 0 bridgehead atoms. The minimum atomic E-state index is -0.478. The lowest BCUT2D eigenvalue weighted by molar-refractivity contribution is -0.181. The van der Waals surface area contributed by atoms with Crippen LogP contribution in [0.15, 0.2) is 18.5 Å². The van der Waals surface area contributed by atoms with Crippen LogP contribution in [0.3, 0.4) is 0 Å². The van der Waals surface area contributed by atoms with Gasteiger partial charge < -0.3 is 19.5 Å². The first-order valence-electron chi connectivity index (χ1n) is 6.40. The molecule has 0 atom stereocenters. The molecule has 0 aliphatic carbocycles. The molecule has 2 aliphatic heterocycles. The fraction of sp³-hybridized carbons (Fsp3) is 0.538. The highest BCUT2D eigenvalue weighted by molar-refractivity contribution is 5.94. The summed E-state index contributed by atoms with van der Waals surface area (Å²) in [5, 5.41) is 9.35. The Morgan fingerprint density at radius 1 is 1.26 bits per heavy atom. The van der Waals surface area contributed by atoms with Crippen LogP contribution in [0, 0.1) is 0 Å². The van der Waals surface area contributed by atoms with Crippen molar-refractivity contribution in [3.05, 3.63) is 24.0 Å². The molecule has 0 aromatic carbocycles. The second kappa shape index (κ2) is 4.79. The molecular weight excluding hydrogens is 248 g/mol. The molecule has 1 amide bonds. The minimum absolute atomic E-state index is 0.00166. The van der Waals surface area contributed by atoms with Crippen LogP contribution in [-0.2, 0) is 9.47 Å². The summed E-state index contributed by atoms with van der Waals surface area (Å²) >= 11 is 0. The van der Waals surface area contributed by atoms with Crippen molar-refractivity contribution in [3.8, 4) is 5.75 Å². The van der Waals surface area contributed by atoms with Gasteiger partial charge in [-0.1, -0.05) is 0 Å². The lowest BCUT2D eigenvalue weighted by Crippen LogP contribution is -2.47. The Kier molecular flexibility index (Phi) is 3.12. The van der Waals surface area contributed by atoms with Gasteiger partial charge in [0.2, 0.25) is 0 Å². The lowest BCUT2D eigenvalue weighted by Gasteiger charge is -2.37. The molecule has 3 rings (SSSR count). The van der Waals surface area contributed by atoms with Crippen LogP contribution < -0.4 is 0 Å². The Balaban J connectivity index is 1.66. The molecule has 2 saturated heterocycles. The summed E-state index contributed by atoms with van der Waals surface area (Å²) in [6.45, 7) is 2.44. The molecule has 0 unspecified atom stereocenters. The van der Waals surface area contributed by atoms with Crippen LogP contribution in [0.2, 0.25) is 0 Å². The van der Waals surface area contributed by atoms with Gasteiger partial charge in [0.25, 0.3) is 5.91 Å². The molecule has 1 spiro atoms. The van der Waals surface area contributed by atoms with Crippen molar-refractivity contribution in [1.29, 1.82) is 0 Å². The van der Waals surface area contributed by atoms with E-state index in [-0.39, 0.29) is 11.7 Å². The molecule has 1 N–H and O–H groups in total. The summed E-state index contributed by atoms with van der Waals surface area (Å²) in [6.07, 6.45) is 4.15. The predicted octanol–water partition coefficient (Wildman–Crippen LogP) is 0.766. The number of piperidine rings is 1. The van der Waals surface area contributed by atoms with Crippen LogP contribution >= 0.6 is 0 Å². The van der Waals surface area contributed by atoms with Gasteiger partial charge in [0.1, 0.15) is 5.75 Å². The van der Waals surface area contributed by atoms with Gasteiger partial charge in [0, 0.05) is 32.1 Å². The van der Waals surface area contributed by atoms with E-state index in [4.69, 9.17) is 9.47 Å². The Morgan fingerprint density at radius 3 is 2.58 bits per heavy atom. The molecule has 6 heteroatoms. The number of aromatic hydroxyl groups is 1. The molecular formula is C13H16N2O4. The number of hydrogen-bond acceptors (Lipinski definition) is 5. The summed E-state index contributed by atoms with van der Waals surface area (Å²) in [5.74, 6) is -0.591. The van der Waals surface area contributed by atoms with Crippen molar-refractivity contribution in [2.75, 3.05) is 26.3 Å². The number of carbonyl (C=O) groups is 1. The summed E-state index contributed by atoms with van der Waals surface area (Å²) in [6, 6.07) is 1.43. The molecule has 3 heterocycles. The zero-order valence-electron chi connectivity index (χ0n) is 10.5. The van der Waals surface area contributed by atoms with Crippen LogP contribution in [0.5, 0.6) is 5.75 Å². The fourth-order valence-electron chi connectivity index (χ4n) is 2.56. The van der Waals surface area contributed by atoms with E-state index in [1.807, 2.05) is 0 Å². The topological polar surface area (TPSA) is 71.9 Å². The standard InChI is InChI=1S/C13H16N2O4/c16-11-7-10(8-14-9-11)12(17)15-3-1-13(2-4-15)18-5-6-19-13/h7-9,16H,1-6H2. The van der Waals surface area contributed by atoms with Gasteiger partial charge in [0.15, 0.2) is 5.79 Å². The van der Waals surface area contributed by atoms with E-state index in [9.17, 15) is 9.90 Å². The summed E-state index contributed by atoms with van der Waals surface area (Å²) < 4.78 is 11.2. The van der Waals surface area contributed by atoms with Gasteiger partial charge in [-0.2, -0.15) is 0 Å². The highest BCUT2D eigenvalue weighted by Gasteiger charge is 2.40. The predicted molar refractivity (Wildman–Crippen MR) is 65.7 cm³/mol. The maximum Gasteiger partial charge on any atom is 0.255 e. The lowest BCUT2D eigenvalue weighted by atomic mass is 10.0. The minimum Gasteiger partial charge on any atom is -0.506 e. The zero-order valence-corrected chi connectivity index (χ0v) is 10.5. The number of nitrogens with zero attached hydrogens (tertiary/aromatic N) is 2. The number of hydrogen-bond donors (Lipinski definition) is 1. The summed E-state index contributed by atoms with van der Waals surface area (Å²) in [4.78, 5) is 17.8. The number of ether oxygens (including phenoxy) is 2. The molecule has 1 aromatic heterocycles. The molecule has 2 fully saturated rings. The SMILES string of the molecule is O=C(c1cncc(O)c1)N1CCC2(CC1)OCCO2. The maximum atomic E-state index is 12.2.